The van der Waals surface area contributed by atoms with Gasteiger partial charge in [-0.3, -0.25) is 8.68 Å². The van der Waals surface area contributed by atoms with Crippen molar-refractivity contribution in [2.24, 2.45) is 0 Å². The highest BCUT2D eigenvalue weighted by Crippen LogP contribution is 2.64. The number of aromatic nitrogens is 2. The van der Waals surface area contributed by atoms with Gasteiger partial charge in [-0.15, -0.1) is 0 Å². The first-order chi connectivity index (χ1) is 30.4. The summed E-state index contributed by atoms with van der Waals surface area (Å²) in [6.07, 6.45) is 8.57. The second-order valence-electron chi connectivity index (χ2n) is 16.3. The van der Waals surface area contributed by atoms with Crippen LogP contribution < -0.4 is 19.7 Å². The lowest BCUT2D eigenvalue weighted by atomic mass is 9.96. The van der Waals surface area contributed by atoms with Crippen molar-refractivity contribution in [2.75, 3.05) is 0 Å². The summed E-state index contributed by atoms with van der Waals surface area (Å²) in [5.41, 5.74) is 11.2. The molecular formula is C54H36N2O4P2. The van der Waals surface area contributed by atoms with Gasteiger partial charge in [-0.25, -0.2) is 9.13 Å². The first-order valence-electron chi connectivity index (χ1n) is 20.9. The number of allylic oxidation sites excluding steroid dienone is 4. The highest BCUT2D eigenvalue weighted by atomic mass is 31.2. The van der Waals surface area contributed by atoms with E-state index in [1.165, 1.54) is 0 Å². The van der Waals surface area contributed by atoms with Gasteiger partial charge in [-0.2, -0.15) is 0 Å². The number of fused-ring (bicyclic) bond motifs is 6. The highest BCUT2D eigenvalue weighted by molar-refractivity contribution is 7.67. The highest BCUT2D eigenvalue weighted by Gasteiger charge is 2.44. The average molecular weight is 839 g/mol. The van der Waals surface area contributed by atoms with Crippen molar-refractivity contribution in [1.82, 2.24) is 8.68 Å². The summed E-state index contributed by atoms with van der Waals surface area (Å²) < 4.78 is 49.5. The van der Waals surface area contributed by atoms with E-state index in [1.807, 2.05) is 112 Å². The average Bonchev–Trinajstić information content (AvgIpc) is 4.05. The third kappa shape index (κ3) is 5.12. The van der Waals surface area contributed by atoms with Crippen LogP contribution in [0.2, 0.25) is 0 Å². The second-order valence-corrected chi connectivity index (χ2v) is 20.6. The van der Waals surface area contributed by atoms with E-state index >= 15 is 9.13 Å². The molecule has 0 N–H and O–H groups in total. The molecule has 8 aromatic carbocycles. The Labute approximate surface area is 357 Å². The molecule has 0 spiro atoms. The molecule has 2 atom stereocenters. The Morgan fingerprint density at radius 2 is 0.839 bits per heavy atom. The molecular weight excluding hydrogens is 803 g/mol. The lowest BCUT2D eigenvalue weighted by Crippen LogP contribution is -2.14. The van der Waals surface area contributed by atoms with Crippen LogP contribution in [0.3, 0.4) is 0 Å². The van der Waals surface area contributed by atoms with Gasteiger partial charge >= 0.3 is 15.0 Å². The number of rotatable bonds is 6. The molecule has 4 heterocycles. The standard InChI is InChI=1S/C54H36N2O4P2/c57-61(43-29-39(35-15-5-1-6-16-35)27-40(30-43)36-17-7-2-8-18-36)55-49-33-48-46-24-14-26-52-54(46)56(50(48)34-47(49)45-23-13-25-51(59-61)53(45)55)62(58,60-52)44-31-41(37-19-9-3-10-20-37)28-42(32-44)38-21-11-4-12-22-38/h1-3,5-11,13-34H,4,12H2. The van der Waals surface area contributed by atoms with Crippen LogP contribution in [0.1, 0.15) is 18.4 Å². The summed E-state index contributed by atoms with van der Waals surface area (Å²) in [5.74, 6) is 1.15. The Morgan fingerprint density at radius 1 is 0.403 bits per heavy atom. The number of nitrogens with zero attached hydrogens (tertiary/aromatic N) is 2. The molecule has 3 aliphatic rings. The Morgan fingerprint density at radius 3 is 1.27 bits per heavy atom. The van der Waals surface area contributed by atoms with Crippen molar-refractivity contribution < 1.29 is 18.2 Å². The molecule has 2 aromatic heterocycles. The Kier molecular flexibility index (Phi) is 7.59. The molecule has 0 saturated heterocycles. The van der Waals surface area contributed by atoms with Gasteiger partial charge in [0, 0.05) is 21.5 Å². The summed E-state index contributed by atoms with van der Waals surface area (Å²) in [5, 5.41) is 4.86. The molecule has 62 heavy (non-hydrogen) atoms. The van der Waals surface area contributed by atoms with E-state index in [-0.39, 0.29) is 0 Å². The van der Waals surface area contributed by atoms with Crippen molar-refractivity contribution >= 4 is 74.8 Å². The van der Waals surface area contributed by atoms with Crippen molar-refractivity contribution in [2.45, 2.75) is 12.8 Å². The Bertz CT molecular complexity index is 3640. The van der Waals surface area contributed by atoms with E-state index in [4.69, 9.17) is 9.05 Å². The van der Waals surface area contributed by atoms with E-state index in [0.717, 1.165) is 101 Å². The molecule has 8 heteroatoms. The van der Waals surface area contributed by atoms with E-state index in [2.05, 4.69) is 91.0 Å². The Balaban J connectivity index is 1.06. The van der Waals surface area contributed by atoms with Crippen LogP contribution in [-0.2, 0) is 9.13 Å². The molecule has 2 unspecified atom stereocenters. The van der Waals surface area contributed by atoms with E-state index in [0.29, 0.717) is 22.1 Å². The topological polar surface area (TPSA) is 62.5 Å². The van der Waals surface area contributed by atoms with E-state index in [1.54, 1.807) is 0 Å². The van der Waals surface area contributed by atoms with Gasteiger partial charge in [0.2, 0.25) is 0 Å². The molecule has 1 aliphatic carbocycles. The summed E-state index contributed by atoms with van der Waals surface area (Å²) >= 11 is 0. The maximum atomic E-state index is 16.1. The van der Waals surface area contributed by atoms with Crippen molar-refractivity contribution in [3.63, 3.8) is 0 Å². The van der Waals surface area contributed by atoms with Gasteiger partial charge in [-0.05, 0) is 118 Å². The van der Waals surface area contributed by atoms with Crippen LogP contribution in [0.5, 0.6) is 11.5 Å². The van der Waals surface area contributed by atoms with Gasteiger partial charge in [-0.1, -0.05) is 133 Å². The van der Waals surface area contributed by atoms with Crippen LogP contribution >= 0.6 is 15.0 Å². The zero-order valence-corrected chi connectivity index (χ0v) is 35.1. The van der Waals surface area contributed by atoms with Gasteiger partial charge in [0.25, 0.3) is 0 Å². The molecule has 0 amide bonds. The van der Waals surface area contributed by atoms with Gasteiger partial charge in [0.1, 0.15) is 11.0 Å². The smallest absolute Gasteiger partial charge is 0.378 e. The van der Waals surface area contributed by atoms with E-state index < -0.39 is 15.0 Å². The fourth-order valence-electron chi connectivity index (χ4n) is 9.83. The predicted molar refractivity (Wildman–Crippen MR) is 255 cm³/mol. The normalized spacial score (nSPS) is 18.7. The molecule has 0 saturated carbocycles. The van der Waals surface area contributed by atoms with Gasteiger partial charge in [0.05, 0.1) is 21.6 Å². The second kappa shape index (κ2) is 13.2. The minimum Gasteiger partial charge on any atom is -0.423 e. The summed E-state index contributed by atoms with van der Waals surface area (Å²) in [4.78, 5) is 0. The monoisotopic (exact) mass is 838 g/mol. The molecule has 13 rings (SSSR count). The molecule has 6 nitrogen and oxygen atoms in total. The SMILES string of the molecule is O=P1(c2cc(C3=CCCC=C3)cc(-c3ccccc3)c2)Oc2cccc3c4cc5c(cc4n1c23)c1cccc2c1n5P(=O)(c1cc(-c3ccccc3)cc(-c3ccccc3)c1)O2. The fraction of sp³-hybridized carbons (Fsp3) is 0.0370. The molecule has 296 valence electrons. The molecule has 2 aliphatic heterocycles. The largest absolute Gasteiger partial charge is 0.423 e. The zero-order chi connectivity index (χ0) is 41.2. The maximum absolute atomic E-state index is 16.1. The summed E-state index contributed by atoms with van der Waals surface area (Å²) in [6.45, 7) is 0. The van der Waals surface area contributed by atoms with Crippen LogP contribution in [0.15, 0.2) is 194 Å². The predicted octanol–water partition coefficient (Wildman–Crippen LogP) is 14.2. The first kappa shape index (κ1) is 35.6. The minimum atomic E-state index is -3.81. The van der Waals surface area contributed by atoms with Gasteiger partial charge < -0.3 is 9.05 Å². The molecule has 0 bridgehead atoms. The van der Waals surface area contributed by atoms with Gasteiger partial charge in [0.15, 0.2) is 11.5 Å². The van der Waals surface area contributed by atoms with Crippen LogP contribution in [0.4, 0.5) is 0 Å². The molecule has 0 radical (unpaired) electrons. The lowest BCUT2D eigenvalue weighted by Gasteiger charge is -2.20. The summed E-state index contributed by atoms with van der Waals surface area (Å²) in [7, 11) is -7.60. The number of hydrogen-bond donors (Lipinski definition) is 0. The van der Waals surface area contributed by atoms with Crippen LogP contribution in [-0.4, -0.2) is 8.68 Å². The number of benzene rings is 8. The number of hydrogen-bond acceptors (Lipinski definition) is 4. The first-order valence-corrected chi connectivity index (χ1v) is 24.1. The van der Waals surface area contributed by atoms with E-state index in [9.17, 15) is 0 Å². The Hall–Kier alpha value is -7.10. The lowest BCUT2D eigenvalue weighted by molar-refractivity contribution is 0.497. The third-order valence-corrected chi connectivity index (χ3v) is 17.3. The van der Waals surface area contributed by atoms with Crippen LogP contribution in [0, 0.1) is 0 Å². The summed E-state index contributed by atoms with van der Waals surface area (Å²) in [6, 6.07) is 59.2. The third-order valence-electron chi connectivity index (χ3n) is 12.7. The molecule has 10 aromatic rings. The quantitative estimate of drug-likeness (QED) is 0.157. The maximum Gasteiger partial charge on any atom is 0.378 e. The van der Waals surface area contributed by atoms with Crippen molar-refractivity contribution in [3.05, 3.63) is 200 Å². The fourth-order valence-corrected chi connectivity index (χ4v) is 14.5. The van der Waals surface area contributed by atoms with Crippen molar-refractivity contribution in [1.29, 1.82) is 0 Å². The van der Waals surface area contributed by atoms with Crippen molar-refractivity contribution in [3.8, 4) is 44.9 Å². The zero-order valence-electron chi connectivity index (χ0n) is 33.3. The van der Waals surface area contributed by atoms with Crippen LogP contribution in [0.25, 0.3) is 82.6 Å². The molecule has 0 fully saturated rings. The minimum absolute atomic E-state index is 0.572. The number of para-hydroxylation sites is 2.